The summed E-state index contributed by atoms with van der Waals surface area (Å²) in [6.45, 7) is 9.11. The van der Waals surface area contributed by atoms with Crippen LogP contribution in [-0.4, -0.2) is 66.5 Å². The lowest BCUT2D eigenvalue weighted by Crippen LogP contribution is -2.51. The van der Waals surface area contributed by atoms with Crippen molar-refractivity contribution < 1.29 is 15.0 Å². The van der Waals surface area contributed by atoms with Crippen molar-refractivity contribution in [2.75, 3.05) is 49.5 Å². The number of nitrogens with zero attached hydrogens (tertiary/aromatic N) is 2. The smallest absolute Gasteiger partial charge is 0.228 e. The zero-order chi connectivity index (χ0) is 17.7. The van der Waals surface area contributed by atoms with Gasteiger partial charge in [-0.05, 0) is 24.3 Å². The minimum atomic E-state index is -0.752. The first-order chi connectivity index (χ1) is 11.3. The second-order valence-corrected chi connectivity index (χ2v) is 7.29. The van der Waals surface area contributed by atoms with E-state index in [1.807, 2.05) is 49.9 Å². The van der Waals surface area contributed by atoms with E-state index in [1.165, 1.54) is 0 Å². The highest BCUT2D eigenvalue weighted by molar-refractivity contribution is 5.81. The number of rotatable bonds is 5. The fourth-order valence-electron chi connectivity index (χ4n) is 2.73. The van der Waals surface area contributed by atoms with Gasteiger partial charge in [-0.2, -0.15) is 0 Å². The first-order valence-corrected chi connectivity index (χ1v) is 8.48. The van der Waals surface area contributed by atoms with Crippen LogP contribution in [0.4, 0.5) is 11.4 Å². The van der Waals surface area contributed by atoms with Gasteiger partial charge in [0.25, 0.3) is 0 Å². The molecule has 0 aliphatic carbocycles. The predicted molar refractivity (Wildman–Crippen MR) is 96.3 cm³/mol. The molecule has 1 aliphatic heterocycles. The van der Waals surface area contributed by atoms with E-state index < -0.39 is 6.10 Å². The van der Waals surface area contributed by atoms with Crippen LogP contribution in [0.15, 0.2) is 24.3 Å². The third-order valence-electron chi connectivity index (χ3n) is 4.19. The Balaban J connectivity index is 1.87. The molecule has 1 unspecified atom stereocenters. The number of aliphatic hydroxyl groups is 2. The lowest BCUT2D eigenvalue weighted by Gasteiger charge is -2.38. The van der Waals surface area contributed by atoms with Gasteiger partial charge >= 0.3 is 0 Å². The van der Waals surface area contributed by atoms with Crippen molar-refractivity contribution in [2.45, 2.75) is 26.9 Å². The van der Waals surface area contributed by atoms with Crippen LogP contribution in [-0.2, 0) is 4.79 Å². The Bertz CT molecular complexity index is 531. The molecular weight excluding hydrogens is 306 g/mol. The largest absolute Gasteiger partial charge is 0.394 e. The summed E-state index contributed by atoms with van der Waals surface area (Å²) in [7, 11) is 0. The average Bonchev–Trinajstić information content (AvgIpc) is 2.58. The first kappa shape index (κ1) is 18.5. The lowest BCUT2D eigenvalue weighted by atomic mass is 9.94. The van der Waals surface area contributed by atoms with E-state index in [1.54, 1.807) is 0 Å². The SMILES string of the molecule is CC(C)(C)C(=O)N1CCN(c2ccc(NCC(O)CO)cc2)CC1. The second-order valence-electron chi connectivity index (χ2n) is 7.29. The molecule has 2 rings (SSSR count). The molecule has 0 spiro atoms. The molecule has 6 nitrogen and oxygen atoms in total. The number of aliphatic hydroxyl groups excluding tert-OH is 2. The normalized spacial score (nSPS) is 16.9. The Hall–Kier alpha value is -1.79. The predicted octanol–water partition coefficient (Wildman–Crippen LogP) is 1.15. The molecule has 134 valence electrons. The summed E-state index contributed by atoms with van der Waals surface area (Å²) in [6, 6.07) is 8.00. The van der Waals surface area contributed by atoms with Gasteiger partial charge in [-0.3, -0.25) is 4.79 Å². The van der Waals surface area contributed by atoms with Crippen molar-refractivity contribution in [3.05, 3.63) is 24.3 Å². The summed E-state index contributed by atoms with van der Waals surface area (Å²) in [5, 5.41) is 21.2. The van der Waals surface area contributed by atoms with E-state index in [2.05, 4.69) is 10.2 Å². The minimum Gasteiger partial charge on any atom is -0.394 e. The Morgan fingerprint density at radius 3 is 2.25 bits per heavy atom. The highest BCUT2D eigenvalue weighted by atomic mass is 16.3. The van der Waals surface area contributed by atoms with Crippen LogP contribution in [0.25, 0.3) is 0 Å². The van der Waals surface area contributed by atoms with Crippen LogP contribution in [0.2, 0.25) is 0 Å². The third-order valence-corrected chi connectivity index (χ3v) is 4.19. The number of amides is 1. The van der Waals surface area contributed by atoms with E-state index >= 15 is 0 Å². The molecule has 1 aromatic rings. The Labute approximate surface area is 144 Å². The molecule has 0 bridgehead atoms. The summed E-state index contributed by atoms with van der Waals surface area (Å²) >= 11 is 0. The third kappa shape index (κ3) is 4.85. The van der Waals surface area contributed by atoms with Crippen molar-refractivity contribution in [3.8, 4) is 0 Å². The monoisotopic (exact) mass is 335 g/mol. The summed E-state index contributed by atoms with van der Waals surface area (Å²) in [4.78, 5) is 16.5. The maximum atomic E-state index is 12.3. The number of carbonyl (C=O) groups excluding carboxylic acids is 1. The van der Waals surface area contributed by atoms with E-state index in [9.17, 15) is 9.90 Å². The number of carbonyl (C=O) groups is 1. The molecule has 1 aliphatic rings. The van der Waals surface area contributed by atoms with E-state index in [4.69, 9.17) is 5.11 Å². The lowest BCUT2D eigenvalue weighted by molar-refractivity contribution is -0.139. The summed E-state index contributed by atoms with van der Waals surface area (Å²) in [6.07, 6.45) is -0.752. The molecule has 1 heterocycles. The molecule has 1 amide bonds. The van der Waals surface area contributed by atoms with Crippen molar-refractivity contribution in [1.29, 1.82) is 0 Å². The Morgan fingerprint density at radius 1 is 1.17 bits per heavy atom. The van der Waals surface area contributed by atoms with Crippen molar-refractivity contribution in [2.24, 2.45) is 5.41 Å². The summed E-state index contributed by atoms with van der Waals surface area (Å²) in [5.41, 5.74) is 1.72. The number of hydrogen-bond donors (Lipinski definition) is 3. The quantitative estimate of drug-likeness (QED) is 0.752. The molecule has 1 saturated heterocycles. The van der Waals surface area contributed by atoms with Crippen LogP contribution < -0.4 is 10.2 Å². The number of nitrogens with one attached hydrogen (secondary N) is 1. The van der Waals surface area contributed by atoms with Crippen LogP contribution in [0, 0.1) is 5.41 Å². The molecule has 24 heavy (non-hydrogen) atoms. The zero-order valence-electron chi connectivity index (χ0n) is 14.8. The van der Waals surface area contributed by atoms with Crippen LogP contribution in [0.1, 0.15) is 20.8 Å². The zero-order valence-corrected chi connectivity index (χ0v) is 14.8. The van der Waals surface area contributed by atoms with Gasteiger partial charge in [0.1, 0.15) is 0 Å². The van der Waals surface area contributed by atoms with Gasteiger partial charge in [0.2, 0.25) is 5.91 Å². The number of benzene rings is 1. The molecule has 0 radical (unpaired) electrons. The Morgan fingerprint density at radius 2 is 1.75 bits per heavy atom. The van der Waals surface area contributed by atoms with E-state index in [0.29, 0.717) is 6.54 Å². The molecule has 0 saturated carbocycles. The molecule has 1 fully saturated rings. The van der Waals surface area contributed by atoms with Crippen molar-refractivity contribution >= 4 is 17.3 Å². The molecular formula is C18H29N3O3. The van der Waals surface area contributed by atoms with Gasteiger partial charge in [-0.1, -0.05) is 20.8 Å². The maximum Gasteiger partial charge on any atom is 0.228 e. The molecule has 6 heteroatoms. The van der Waals surface area contributed by atoms with Gasteiger partial charge in [0, 0.05) is 49.5 Å². The fraction of sp³-hybridized carbons (Fsp3) is 0.611. The second kappa shape index (κ2) is 7.85. The van der Waals surface area contributed by atoms with Gasteiger partial charge in [0.05, 0.1) is 12.7 Å². The van der Waals surface area contributed by atoms with Crippen LogP contribution in [0.3, 0.4) is 0 Å². The standard InChI is InChI=1S/C18H29N3O3/c1-18(2,3)17(24)21-10-8-20(9-11-21)15-6-4-14(5-7-15)19-12-16(23)13-22/h4-7,16,19,22-23H,8-13H2,1-3H3. The van der Waals surface area contributed by atoms with Crippen LogP contribution >= 0.6 is 0 Å². The van der Waals surface area contributed by atoms with E-state index in [0.717, 1.165) is 37.6 Å². The average molecular weight is 335 g/mol. The van der Waals surface area contributed by atoms with Gasteiger partial charge in [-0.25, -0.2) is 0 Å². The molecule has 1 aromatic carbocycles. The van der Waals surface area contributed by atoms with Gasteiger partial charge in [0.15, 0.2) is 0 Å². The first-order valence-electron chi connectivity index (χ1n) is 8.48. The fourth-order valence-corrected chi connectivity index (χ4v) is 2.73. The molecule has 0 aromatic heterocycles. The summed E-state index contributed by atoms with van der Waals surface area (Å²) in [5.74, 6) is 0.212. The summed E-state index contributed by atoms with van der Waals surface area (Å²) < 4.78 is 0. The highest BCUT2D eigenvalue weighted by Crippen LogP contribution is 2.22. The maximum absolute atomic E-state index is 12.3. The van der Waals surface area contributed by atoms with Gasteiger partial charge in [-0.15, -0.1) is 0 Å². The highest BCUT2D eigenvalue weighted by Gasteiger charge is 2.29. The number of anilines is 2. The molecule has 1 atom stereocenters. The van der Waals surface area contributed by atoms with Gasteiger partial charge < -0.3 is 25.3 Å². The van der Waals surface area contributed by atoms with Crippen molar-refractivity contribution in [1.82, 2.24) is 4.90 Å². The van der Waals surface area contributed by atoms with Crippen LogP contribution in [0.5, 0.6) is 0 Å². The topological polar surface area (TPSA) is 76.0 Å². The number of piperazine rings is 1. The number of hydrogen-bond acceptors (Lipinski definition) is 5. The van der Waals surface area contributed by atoms with Crippen molar-refractivity contribution in [3.63, 3.8) is 0 Å². The Kier molecular flexibility index (Phi) is 6.07. The minimum absolute atomic E-state index is 0.212. The molecule has 3 N–H and O–H groups in total. The van der Waals surface area contributed by atoms with E-state index in [-0.39, 0.29) is 17.9 Å².